The molecule has 3 nitrogen and oxygen atoms in total. The van der Waals surface area contributed by atoms with Crippen LogP contribution in [0.25, 0.3) is 16.9 Å². The number of nitrogens with zero attached hydrogens (tertiary/aromatic N) is 3. The number of pyridine rings is 1. The van der Waals surface area contributed by atoms with E-state index in [4.69, 9.17) is 11.6 Å². The molecule has 0 unspecified atom stereocenters. The van der Waals surface area contributed by atoms with Crippen LogP contribution in [-0.2, 0) is 5.88 Å². The molecule has 0 spiro atoms. The van der Waals surface area contributed by atoms with Gasteiger partial charge in [-0.2, -0.15) is 0 Å². The van der Waals surface area contributed by atoms with Gasteiger partial charge in [0, 0.05) is 15.0 Å². The number of rotatable bonds is 2. The van der Waals surface area contributed by atoms with Crippen LogP contribution in [0.3, 0.4) is 0 Å². The Bertz CT molecular complexity index is 734. The molecule has 0 aliphatic carbocycles. The lowest BCUT2D eigenvalue weighted by Crippen LogP contribution is -2.00. The highest BCUT2D eigenvalue weighted by molar-refractivity contribution is 14.1. The summed E-state index contributed by atoms with van der Waals surface area (Å²) in [5, 5.41) is 0. The largest absolute Gasteiger partial charge is 0.280 e. The lowest BCUT2D eigenvalue weighted by atomic mass is 10.3. The Morgan fingerprint density at radius 2 is 1.84 bits per heavy atom. The molecule has 2 heterocycles. The Morgan fingerprint density at radius 1 is 1.11 bits per heavy atom. The molecule has 5 heteroatoms. The average Bonchev–Trinajstić information content (AvgIpc) is 2.77. The predicted molar refractivity (Wildman–Crippen MR) is 85.9 cm³/mol. The van der Waals surface area contributed by atoms with Gasteiger partial charge in [-0.25, -0.2) is 9.97 Å². The second kappa shape index (κ2) is 5.09. The zero-order valence-corrected chi connectivity index (χ0v) is 13.2. The molecule has 0 N–H and O–H groups in total. The summed E-state index contributed by atoms with van der Waals surface area (Å²) in [5.74, 6) is 1.18. The van der Waals surface area contributed by atoms with Crippen molar-refractivity contribution >= 4 is 45.4 Å². The fourth-order valence-electron chi connectivity index (χ4n) is 2.05. The van der Waals surface area contributed by atoms with E-state index in [1.165, 1.54) is 3.57 Å². The highest BCUT2D eigenvalue weighted by Crippen LogP contribution is 2.22. The number of hydrogen-bond acceptors (Lipinski definition) is 2. The van der Waals surface area contributed by atoms with Gasteiger partial charge in [0.15, 0.2) is 5.65 Å². The molecule has 0 saturated heterocycles. The predicted octanol–water partition coefficient (Wildman–Crippen LogP) is 4.07. The third-order valence-electron chi connectivity index (χ3n) is 2.92. The van der Waals surface area contributed by atoms with Crippen LogP contribution in [0, 0.1) is 10.5 Å². The molecule has 0 amide bonds. The number of imidazole rings is 1. The van der Waals surface area contributed by atoms with E-state index in [-0.39, 0.29) is 0 Å². The molecule has 3 aromatic rings. The molecule has 19 heavy (non-hydrogen) atoms. The van der Waals surface area contributed by atoms with Gasteiger partial charge in [-0.05, 0) is 65.9 Å². The molecule has 0 atom stereocenters. The summed E-state index contributed by atoms with van der Waals surface area (Å²) in [6.07, 6.45) is 0. The van der Waals surface area contributed by atoms with E-state index < -0.39 is 0 Å². The summed E-state index contributed by atoms with van der Waals surface area (Å²) in [6, 6.07) is 12.2. The van der Waals surface area contributed by atoms with Gasteiger partial charge in [0.05, 0.1) is 5.88 Å². The molecule has 3 rings (SSSR count). The molecule has 0 fully saturated rings. The van der Waals surface area contributed by atoms with Gasteiger partial charge in [0.1, 0.15) is 11.3 Å². The topological polar surface area (TPSA) is 30.7 Å². The van der Waals surface area contributed by atoms with Crippen molar-refractivity contribution in [2.75, 3.05) is 0 Å². The first-order valence-corrected chi connectivity index (χ1v) is 7.47. The molecule has 0 aliphatic rings. The summed E-state index contributed by atoms with van der Waals surface area (Å²) in [6.45, 7) is 1.98. The van der Waals surface area contributed by atoms with E-state index in [1.54, 1.807) is 0 Å². The normalized spacial score (nSPS) is 11.1. The maximum absolute atomic E-state index is 6.01. The molecular weight excluding hydrogens is 373 g/mol. The highest BCUT2D eigenvalue weighted by Gasteiger charge is 2.12. The smallest absolute Gasteiger partial charge is 0.164 e. The number of halogens is 2. The summed E-state index contributed by atoms with van der Waals surface area (Å²) in [4.78, 5) is 9.12. The summed E-state index contributed by atoms with van der Waals surface area (Å²) in [5.41, 5.74) is 3.74. The monoisotopic (exact) mass is 383 g/mol. The zero-order valence-electron chi connectivity index (χ0n) is 10.3. The van der Waals surface area contributed by atoms with Crippen LogP contribution in [0.15, 0.2) is 36.4 Å². The molecule has 0 aliphatic heterocycles. The highest BCUT2D eigenvalue weighted by atomic mass is 127. The molecule has 1 aromatic carbocycles. The van der Waals surface area contributed by atoms with Crippen LogP contribution in [0.4, 0.5) is 0 Å². The minimum atomic E-state index is 0.362. The third kappa shape index (κ3) is 2.34. The number of benzene rings is 1. The molecule has 0 radical (unpaired) electrons. The molecule has 0 bridgehead atoms. The lowest BCUT2D eigenvalue weighted by Gasteiger charge is -2.07. The first kappa shape index (κ1) is 12.9. The SMILES string of the molecule is Cc1ccc2nc(CCl)n(-c3ccc(I)cc3)c2n1. The Balaban J connectivity index is 2.31. The lowest BCUT2D eigenvalue weighted by molar-refractivity contribution is 0.966. The minimum Gasteiger partial charge on any atom is -0.280 e. The van der Waals surface area contributed by atoms with Gasteiger partial charge >= 0.3 is 0 Å². The minimum absolute atomic E-state index is 0.362. The van der Waals surface area contributed by atoms with Crippen molar-refractivity contribution < 1.29 is 0 Å². The van der Waals surface area contributed by atoms with E-state index in [0.29, 0.717) is 5.88 Å². The Hall–Kier alpha value is -1.14. The van der Waals surface area contributed by atoms with Crippen LogP contribution in [0.1, 0.15) is 11.5 Å². The summed E-state index contributed by atoms with van der Waals surface area (Å²) >= 11 is 8.30. The average molecular weight is 384 g/mol. The van der Waals surface area contributed by atoms with Gasteiger partial charge in [-0.15, -0.1) is 11.6 Å². The van der Waals surface area contributed by atoms with Crippen LogP contribution >= 0.6 is 34.2 Å². The Kier molecular flexibility index (Phi) is 3.45. The maximum atomic E-state index is 6.01. The van der Waals surface area contributed by atoms with Crippen molar-refractivity contribution in [1.29, 1.82) is 0 Å². The first-order chi connectivity index (χ1) is 9.19. The number of alkyl halides is 1. The quantitative estimate of drug-likeness (QED) is 0.493. The van der Waals surface area contributed by atoms with E-state index in [0.717, 1.165) is 28.4 Å². The molecular formula is C14H11ClIN3. The van der Waals surface area contributed by atoms with E-state index in [9.17, 15) is 0 Å². The van der Waals surface area contributed by atoms with Gasteiger partial charge in [-0.1, -0.05) is 0 Å². The van der Waals surface area contributed by atoms with Crippen molar-refractivity contribution in [3.05, 3.63) is 51.5 Å². The Labute approximate surface area is 129 Å². The van der Waals surface area contributed by atoms with Crippen molar-refractivity contribution in [2.24, 2.45) is 0 Å². The van der Waals surface area contributed by atoms with Crippen LogP contribution < -0.4 is 0 Å². The van der Waals surface area contributed by atoms with Gasteiger partial charge in [0.25, 0.3) is 0 Å². The number of aromatic nitrogens is 3. The molecule has 0 saturated carbocycles. The zero-order chi connectivity index (χ0) is 13.4. The fraction of sp³-hybridized carbons (Fsp3) is 0.143. The number of fused-ring (bicyclic) bond motifs is 1. The van der Waals surface area contributed by atoms with E-state index >= 15 is 0 Å². The van der Waals surface area contributed by atoms with Gasteiger partial charge in [-0.3, -0.25) is 4.57 Å². The first-order valence-electron chi connectivity index (χ1n) is 5.86. The van der Waals surface area contributed by atoms with Gasteiger partial charge in [0.2, 0.25) is 0 Å². The van der Waals surface area contributed by atoms with Crippen molar-refractivity contribution in [2.45, 2.75) is 12.8 Å². The van der Waals surface area contributed by atoms with Gasteiger partial charge < -0.3 is 0 Å². The number of hydrogen-bond donors (Lipinski definition) is 0. The third-order valence-corrected chi connectivity index (χ3v) is 3.88. The second-order valence-electron chi connectivity index (χ2n) is 4.27. The Morgan fingerprint density at radius 3 is 2.53 bits per heavy atom. The van der Waals surface area contributed by atoms with E-state index in [1.807, 2.05) is 23.6 Å². The molecule has 96 valence electrons. The fourth-order valence-corrected chi connectivity index (χ4v) is 2.59. The van der Waals surface area contributed by atoms with Crippen LogP contribution in [0.2, 0.25) is 0 Å². The standard InChI is InChI=1S/C14H11ClIN3/c1-9-2-7-12-14(17-9)19(13(8-15)18-12)11-5-3-10(16)4-6-11/h2-7H,8H2,1H3. The number of aryl methyl sites for hydroxylation is 1. The van der Waals surface area contributed by atoms with Crippen molar-refractivity contribution in [3.8, 4) is 5.69 Å². The summed E-state index contributed by atoms with van der Waals surface area (Å²) in [7, 11) is 0. The second-order valence-corrected chi connectivity index (χ2v) is 5.78. The van der Waals surface area contributed by atoms with Crippen molar-refractivity contribution in [1.82, 2.24) is 14.5 Å². The molecule has 2 aromatic heterocycles. The van der Waals surface area contributed by atoms with Crippen molar-refractivity contribution in [3.63, 3.8) is 0 Å². The maximum Gasteiger partial charge on any atom is 0.164 e. The van der Waals surface area contributed by atoms with E-state index in [2.05, 4.69) is 56.8 Å². The summed E-state index contributed by atoms with van der Waals surface area (Å²) < 4.78 is 3.22. The van der Waals surface area contributed by atoms with Crippen LogP contribution in [-0.4, -0.2) is 14.5 Å². The van der Waals surface area contributed by atoms with Crippen LogP contribution in [0.5, 0.6) is 0 Å².